The van der Waals surface area contributed by atoms with Crippen LogP contribution < -0.4 is 19.7 Å². The normalized spacial score (nSPS) is 14.0. The van der Waals surface area contributed by atoms with Gasteiger partial charge in [-0.1, -0.05) is 6.07 Å². The van der Waals surface area contributed by atoms with Gasteiger partial charge in [0.1, 0.15) is 11.5 Å². The lowest BCUT2D eigenvalue weighted by Crippen LogP contribution is -2.36. The molecule has 1 aliphatic rings. The lowest BCUT2D eigenvalue weighted by atomic mass is 10.1. The number of ether oxygens (including phenoxy) is 3. The number of rotatable bonds is 6. The average molecular weight is 370 g/mol. The fraction of sp³-hybridized carbons (Fsp3) is 0.381. The van der Waals surface area contributed by atoms with Crippen LogP contribution in [0.15, 0.2) is 36.4 Å². The summed E-state index contributed by atoms with van der Waals surface area (Å²) in [7, 11) is 1.59. The zero-order valence-electron chi connectivity index (χ0n) is 16.1. The fourth-order valence-corrected chi connectivity index (χ4v) is 2.95. The topological polar surface area (TPSA) is 60.0 Å². The monoisotopic (exact) mass is 370 g/mol. The van der Waals surface area contributed by atoms with Gasteiger partial charge < -0.3 is 24.4 Å². The first-order valence-electron chi connectivity index (χ1n) is 9.07. The maximum Gasteiger partial charge on any atom is 0.262 e. The molecule has 2 aromatic rings. The van der Waals surface area contributed by atoms with Crippen molar-refractivity contribution in [2.75, 3.05) is 50.2 Å². The summed E-state index contributed by atoms with van der Waals surface area (Å²) >= 11 is 0. The third-order valence-electron chi connectivity index (χ3n) is 4.68. The molecule has 0 saturated carbocycles. The molecule has 0 aliphatic carbocycles. The summed E-state index contributed by atoms with van der Waals surface area (Å²) in [4.78, 5) is 14.6. The van der Waals surface area contributed by atoms with Crippen LogP contribution in [-0.4, -0.2) is 45.9 Å². The number of carbonyl (C=O) groups excluding carboxylic acids is 1. The van der Waals surface area contributed by atoms with Gasteiger partial charge in [0.15, 0.2) is 6.61 Å². The van der Waals surface area contributed by atoms with Gasteiger partial charge in [-0.25, -0.2) is 0 Å². The fourth-order valence-electron chi connectivity index (χ4n) is 2.95. The number of anilines is 2. The van der Waals surface area contributed by atoms with E-state index in [1.54, 1.807) is 7.11 Å². The Balaban J connectivity index is 1.65. The van der Waals surface area contributed by atoms with Crippen LogP contribution in [0, 0.1) is 13.8 Å². The Bertz CT molecular complexity index is 801. The number of hydrogen-bond donors (Lipinski definition) is 1. The number of hydrogen-bond acceptors (Lipinski definition) is 5. The Hall–Kier alpha value is -2.73. The molecule has 0 atom stereocenters. The molecule has 1 fully saturated rings. The van der Waals surface area contributed by atoms with Crippen LogP contribution in [0.25, 0.3) is 0 Å². The van der Waals surface area contributed by atoms with E-state index in [2.05, 4.69) is 10.2 Å². The second-order valence-electron chi connectivity index (χ2n) is 6.57. The molecule has 0 spiro atoms. The molecule has 1 saturated heterocycles. The predicted octanol–water partition coefficient (Wildman–Crippen LogP) is 3.17. The highest BCUT2D eigenvalue weighted by Crippen LogP contribution is 2.30. The summed E-state index contributed by atoms with van der Waals surface area (Å²) < 4.78 is 16.4. The molecule has 0 bridgehead atoms. The second kappa shape index (κ2) is 8.77. The molecular weight excluding hydrogens is 344 g/mol. The number of aryl methyl sites for hydroxylation is 2. The predicted molar refractivity (Wildman–Crippen MR) is 106 cm³/mol. The van der Waals surface area contributed by atoms with Gasteiger partial charge in [-0.05, 0) is 55.3 Å². The minimum atomic E-state index is -0.231. The van der Waals surface area contributed by atoms with Crippen LogP contribution in [0.4, 0.5) is 11.4 Å². The highest BCUT2D eigenvalue weighted by molar-refractivity contribution is 5.94. The Kier molecular flexibility index (Phi) is 6.19. The van der Waals surface area contributed by atoms with Crippen molar-refractivity contribution in [3.8, 4) is 11.5 Å². The van der Waals surface area contributed by atoms with E-state index in [9.17, 15) is 4.79 Å². The van der Waals surface area contributed by atoms with Crippen molar-refractivity contribution in [1.29, 1.82) is 0 Å². The number of carbonyl (C=O) groups is 1. The molecule has 27 heavy (non-hydrogen) atoms. The van der Waals surface area contributed by atoms with Crippen molar-refractivity contribution >= 4 is 17.3 Å². The molecule has 2 aromatic carbocycles. The lowest BCUT2D eigenvalue weighted by Gasteiger charge is -2.29. The summed E-state index contributed by atoms with van der Waals surface area (Å²) in [5, 5.41) is 2.89. The lowest BCUT2D eigenvalue weighted by molar-refractivity contribution is -0.118. The summed E-state index contributed by atoms with van der Waals surface area (Å²) in [5.41, 5.74) is 3.99. The largest absolute Gasteiger partial charge is 0.495 e. The molecule has 1 amide bonds. The molecule has 6 heteroatoms. The molecule has 6 nitrogen and oxygen atoms in total. The van der Waals surface area contributed by atoms with Gasteiger partial charge in [-0.15, -0.1) is 0 Å². The molecule has 0 unspecified atom stereocenters. The summed E-state index contributed by atoms with van der Waals surface area (Å²) in [6.07, 6.45) is 0. The maximum atomic E-state index is 12.4. The summed E-state index contributed by atoms with van der Waals surface area (Å²) in [5.74, 6) is 1.07. The molecule has 3 rings (SSSR count). The van der Waals surface area contributed by atoms with E-state index in [0.717, 1.165) is 24.3 Å². The summed E-state index contributed by atoms with van der Waals surface area (Å²) in [6, 6.07) is 11.6. The van der Waals surface area contributed by atoms with Crippen molar-refractivity contribution in [2.45, 2.75) is 13.8 Å². The van der Waals surface area contributed by atoms with Gasteiger partial charge in [0, 0.05) is 18.8 Å². The van der Waals surface area contributed by atoms with E-state index < -0.39 is 0 Å². The highest BCUT2D eigenvalue weighted by atomic mass is 16.5. The smallest absolute Gasteiger partial charge is 0.262 e. The Morgan fingerprint density at radius 3 is 2.59 bits per heavy atom. The third kappa shape index (κ3) is 4.92. The summed E-state index contributed by atoms with van der Waals surface area (Å²) in [6.45, 7) is 7.07. The number of nitrogens with zero attached hydrogens (tertiary/aromatic N) is 1. The number of benzene rings is 2. The second-order valence-corrected chi connectivity index (χ2v) is 6.57. The molecule has 144 valence electrons. The standard InChI is InChI=1S/C21H26N2O4/c1-15-4-6-18(12-16(15)2)27-14-21(24)22-19-13-17(5-7-20(19)25-3)23-8-10-26-11-9-23/h4-7,12-13H,8-11,14H2,1-3H3,(H,22,24). The van der Waals surface area contributed by atoms with Crippen LogP contribution >= 0.6 is 0 Å². The minimum absolute atomic E-state index is 0.0621. The Labute approximate surface area is 160 Å². The molecule has 0 radical (unpaired) electrons. The first-order chi connectivity index (χ1) is 13.1. The van der Waals surface area contributed by atoms with E-state index in [4.69, 9.17) is 14.2 Å². The third-order valence-corrected chi connectivity index (χ3v) is 4.68. The Morgan fingerprint density at radius 2 is 1.89 bits per heavy atom. The minimum Gasteiger partial charge on any atom is -0.495 e. The first-order valence-corrected chi connectivity index (χ1v) is 9.07. The van der Waals surface area contributed by atoms with Crippen molar-refractivity contribution in [3.63, 3.8) is 0 Å². The van der Waals surface area contributed by atoms with E-state index in [1.165, 1.54) is 5.56 Å². The zero-order valence-corrected chi connectivity index (χ0v) is 16.1. The van der Waals surface area contributed by atoms with Gasteiger partial charge in [0.25, 0.3) is 5.91 Å². The van der Waals surface area contributed by atoms with Crippen LogP contribution in [0.3, 0.4) is 0 Å². The van der Waals surface area contributed by atoms with Crippen LogP contribution in [0.2, 0.25) is 0 Å². The first kappa shape index (κ1) is 19.0. The van der Waals surface area contributed by atoms with Crippen LogP contribution in [0.5, 0.6) is 11.5 Å². The Morgan fingerprint density at radius 1 is 1.11 bits per heavy atom. The van der Waals surface area contributed by atoms with Gasteiger partial charge >= 0.3 is 0 Å². The molecule has 1 heterocycles. The van der Waals surface area contributed by atoms with Gasteiger partial charge in [0.05, 0.1) is 26.0 Å². The molecular formula is C21H26N2O4. The van der Waals surface area contributed by atoms with E-state index in [1.807, 2.05) is 50.2 Å². The zero-order chi connectivity index (χ0) is 19.2. The van der Waals surface area contributed by atoms with E-state index in [-0.39, 0.29) is 12.5 Å². The van der Waals surface area contributed by atoms with Gasteiger partial charge in [-0.2, -0.15) is 0 Å². The van der Waals surface area contributed by atoms with E-state index >= 15 is 0 Å². The number of nitrogens with one attached hydrogen (secondary N) is 1. The van der Waals surface area contributed by atoms with Crippen molar-refractivity contribution in [3.05, 3.63) is 47.5 Å². The molecule has 1 N–H and O–H groups in total. The van der Waals surface area contributed by atoms with Crippen molar-refractivity contribution in [1.82, 2.24) is 0 Å². The number of morpholine rings is 1. The van der Waals surface area contributed by atoms with E-state index in [0.29, 0.717) is 30.4 Å². The highest BCUT2D eigenvalue weighted by Gasteiger charge is 2.15. The number of amides is 1. The molecule has 0 aromatic heterocycles. The van der Waals surface area contributed by atoms with Crippen molar-refractivity contribution in [2.24, 2.45) is 0 Å². The average Bonchev–Trinajstić information content (AvgIpc) is 2.69. The SMILES string of the molecule is COc1ccc(N2CCOCC2)cc1NC(=O)COc1ccc(C)c(C)c1. The van der Waals surface area contributed by atoms with Gasteiger partial charge in [0.2, 0.25) is 0 Å². The maximum absolute atomic E-state index is 12.4. The van der Waals surface area contributed by atoms with Crippen molar-refractivity contribution < 1.29 is 19.0 Å². The quantitative estimate of drug-likeness (QED) is 0.846. The number of methoxy groups -OCH3 is 1. The van der Waals surface area contributed by atoms with Crippen LogP contribution in [-0.2, 0) is 9.53 Å². The van der Waals surface area contributed by atoms with Gasteiger partial charge in [-0.3, -0.25) is 4.79 Å². The molecule has 1 aliphatic heterocycles. The van der Waals surface area contributed by atoms with Crippen LogP contribution in [0.1, 0.15) is 11.1 Å².